The zero-order valence-electron chi connectivity index (χ0n) is 10.8. The number of nitrogens with zero attached hydrogens (tertiary/aromatic N) is 2. The Morgan fingerprint density at radius 2 is 2.00 bits per heavy atom. The van der Waals surface area contributed by atoms with Crippen molar-refractivity contribution in [3.05, 3.63) is 23.4 Å². The van der Waals surface area contributed by atoms with Gasteiger partial charge in [0, 0.05) is 25.3 Å². The van der Waals surface area contributed by atoms with Gasteiger partial charge in [-0.15, -0.1) is 0 Å². The molecular weight excluding hydrogens is 210 g/mol. The molecule has 1 aromatic rings. The molecule has 2 heterocycles. The third kappa shape index (κ3) is 3.19. The Kier molecular flexibility index (Phi) is 4.37. The van der Waals surface area contributed by atoms with Gasteiger partial charge >= 0.3 is 0 Å². The van der Waals surface area contributed by atoms with Crippen LogP contribution in [0.15, 0.2) is 12.1 Å². The summed E-state index contributed by atoms with van der Waals surface area (Å²) < 4.78 is 0. The number of rotatable bonds is 4. The van der Waals surface area contributed by atoms with E-state index in [2.05, 4.69) is 24.0 Å². The van der Waals surface area contributed by atoms with Crippen molar-refractivity contribution in [2.75, 3.05) is 18.0 Å². The first-order chi connectivity index (χ1) is 8.33. The van der Waals surface area contributed by atoms with Gasteiger partial charge in [-0.05, 0) is 43.4 Å². The highest BCUT2D eigenvalue weighted by Gasteiger charge is 2.13. The Morgan fingerprint density at radius 1 is 1.24 bits per heavy atom. The van der Waals surface area contributed by atoms with Crippen LogP contribution < -0.4 is 10.6 Å². The minimum atomic E-state index is 0.611. The van der Waals surface area contributed by atoms with Crippen molar-refractivity contribution in [3.8, 4) is 0 Å². The summed E-state index contributed by atoms with van der Waals surface area (Å²) in [4.78, 5) is 7.17. The lowest BCUT2D eigenvalue weighted by atomic mass is 10.1. The van der Waals surface area contributed by atoms with Crippen molar-refractivity contribution >= 4 is 5.82 Å². The predicted molar refractivity (Wildman–Crippen MR) is 72.2 cm³/mol. The third-order valence-corrected chi connectivity index (χ3v) is 3.35. The fourth-order valence-electron chi connectivity index (χ4n) is 2.42. The summed E-state index contributed by atoms with van der Waals surface area (Å²) in [5.74, 6) is 1.14. The van der Waals surface area contributed by atoms with Crippen LogP contribution in [0.2, 0.25) is 0 Å². The van der Waals surface area contributed by atoms with Crippen LogP contribution >= 0.6 is 0 Å². The maximum Gasteiger partial charge on any atom is 0.129 e. The predicted octanol–water partition coefficient (Wildman–Crippen LogP) is 2.48. The fourth-order valence-corrected chi connectivity index (χ4v) is 2.42. The summed E-state index contributed by atoms with van der Waals surface area (Å²) >= 11 is 0. The maximum atomic E-state index is 5.77. The molecule has 94 valence electrons. The zero-order chi connectivity index (χ0) is 12.1. The topological polar surface area (TPSA) is 42.1 Å². The van der Waals surface area contributed by atoms with Crippen molar-refractivity contribution in [1.82, 2.24) is 4.98 Å². The monoisotopic (exact) mass is 233 g/mol. The minimum Gasteiger partial charge on any atom is -0.357 e. The summed E-state index contributed by atoms with van der Waals surface area (Å²) in [6.45, 7) is 5.09. The molecule has 0 aromatic carbocycles. The molecule has 17 heavy (non-hydrogen) atoms. The first kappa shape index (κ1) is 12.4. The molecule has 3 nitrogen and oxygen atoms in total. The van der Waals surface area contributed by atoms with E-state index in [9.17, 15) is 0 Å². The van der Waals surface area contributed by atoms with Crippen molar-refractivity contribution in [2.24, 2.45) is 5.73 Å². The van der Waals surface area contributed by atoms with Gasteiger partial charge in [0.2, 0.25) is 0 Å². The third-order valence-electron chi connectivity index (χ3n) is 3.35. The molecule has 0 spiro atoms. The van der Waals surface area contributed by atoms with E-state index in [1.54, 1.807) is 0 Å². The second-order valence-electron chi connectivity index (χ2n) is 4.83. The Balaban J connectivity index is 2.21. The number of nitrogens with two attached hydrogens (primary N) is 1. The molecule has 0 saturated carbocycles. The van der Waals surface area contributed by atoms with Crippen LogP contribution in [0.25, 0.3) is 0 Å². The maximum absolute atomic E-state index is 5.77. The second-order valence-corrected chi connectivity index (χ2v) is 4.83. The van der Waals surface area contributed by atoms with Crippen LogP contribution in [0.5, 0.6) is 0 Å². The van der Waals surface area contributed by atoms with E-state index in [0.29, 0.717) is 6.54 Å². The summed E-state index contributed by atoms with van der Waals surface area (Å²) in [6, 6.07) is 4.31. The van der Waals surface area contributed by atoms with E-state index >= 15 is 0 Å². The highest BCUT2D eigenvalue weighted by atomic mass is 15.2. The SMILES string of the molecule is CCCc1cc(CN)cc(N2CCCCC2)n1. The number of aryl methyl sites for hydroxylation is 1. The van der Waals surface area contributed by atoms with Gasteiger partial charge in [-0.2, -0.15) is 0 Å². The molecule has 1 aromatic heterocycles. The van der Waals surface area contributed by atoms with E-state index < -0.39 is 0 Å². The lowest BCUT2D eigenvalue weighted by Gasteiger charge is -2.28. The van der Waals surface area contributed by atoms with Gasteiger partial charge in [-0.3, -0.25) is 0 Å². The van der Waals surface area contributed by atoms with Crippen molar-refractivity contribution < 1.29 is 0 Å². The van der Waals surface area contributed by atoms with Crippen molar-refractivity contribution in [1.29, 1.82) is 0 Å². The summed E-state index contributed by atoms with van der Waals surface area (Å²) in [7, 11) is 0. The largest absolute Gasteiger partial charge is 0.357 e. The molecule has 0 unspecified atom stereocenters. The van der Waals surface area contributed by atoms with Crippen molar-refractivity contribution in [3.63, 3.8) is 0 Å². The molecule has 1 aliphatic rings. The first-order valence-corrected chi connectivity index (χ1v) is 6.78. The van der Waals surface area contributed by atoms with Gasteiger partial charge in [-0.1, -0.05) is 13.3 Å². The number of hydrogen-bond acceptors (Lipinski definition) is 3. The van der Waals surface area contributed by atoms with E-state index in [4.69, 9.17) is 10.7 Å². The average Bonchev–Trinajstić information content (AvgIpc) is 2.40. The van der Waals surface area contributed by atoms with E-state index in [-0.39, 0.29) is 0 Å². The molecule has 0 radical (unpaired) electrons. The lowest BCUT2D eigenvalue weighted by molar-refractivity contribution is 0.572. The van der Waals surface area contributed by atoms with Gasteiger partial charge in [0.05, 0.1) is 0 Å². The summed E-state index contributed by atoms with van der Waals surface area (Å²) in [5, 5.41) is 0. The van der Waals surface area contributed by atoms with Gasteiger partial charge in [-0.25, -0.2) is 4.98 Å². The van der Waals surface area contributed by atoms with Crippen LogP contribution in [0, 0.1) is 0 Å². The Hall–Kier alpha value is -1.09. The summed E-state index contributed by atoms with van der Waals surface area (Å²) in [5.41, 5.74) is 8.17. The first-order valence-electron chi connectivity index (χ1n) is 6.78. The minimum absolute atomic E-state index is 0.611. The number of pyridine rings is 1. The van der Waals surface area contributed by atoms with Crippen LogP contribution in [0.3, 0.4) is 0 Å². The molecule has 0 bridgehead atoms. The van der Waals surface area contributed by atoms with Crippen LogP contribution in [0.4, 0.5) is 5.82 Å². The second kappa shape index (κ2) is 6.01. The molecule has 1 saturated heterocycles. The van der Waals surface area contributed by atoms with Gasteiger partial charge in [0.15, 0.2) is 0 Å². The normalized spacial score (nSPS) is 16.2. The molecule has 0 atom stereocenters. The number of hydrogen-bond donors (Lipinski definition) is 1. The highest BCUT2D eigenvalue weighted by Crippen LogP contribution is 2.20. The molecule has 1 aliphatic heterocycles. The Labute approximate surface area is 104 Å². The molecule has 0 amide bonds. The number of aromatic nitrogens is 1. The van der Waals surface area contributed by atoms with Gasteiger partial charge in [0.1, 0.15) is 5.82 Å². The molecule has 3 heteroatoms. The Bertz CT molecular complexity index is 356. The van der Waals surface area contributed by atoms with Crippen LogP contribution in [-0.2, 0) is 13.0 Å². The van der Waals surface area contributed by atoms with E-state index in [1.807, 2.05) is 0 Å². The van der Waals surface area contributed by atoms with E-state index in [1.165, 1.54) is 30.5 Å². The van der Waals surface area contributed by atoms with Gasteiger partial charge < -0.3 is 10.6 Å². The zero-order valence-corrected chi connectivity index (χ0v) is 10.8. The fraction of sp³-hybridized carbons (Fsp3) is 0.643. The highest BCUT2D eigenvalue weighted by molar-refractivity contribution is 5.43. The molecule has 1 fully saturated rings. The molecule has 2 N–H and O–H groups in total. The standard InChI is InChI=1S/C14H23N3/c1-2-6-13-9-12(11-15)10-14(16-13)17-7-4-3-5-8-17/h9-10H,2-8,11,15H2,1H3. The molecule has 2 rings (SSSR count). The van der Waals surface area contributed by atoms with Crippen LogP contribution in [0.1, 0.15) is 43.9 Å². The van der Waals surface area contributed by atoms with Crippen LogP contribution in [-0.4, -0.2) is 18.1 Å². The Morgan fingerprint density at radius 3 is 2.65 bits per heavy atom. The number of anilines is 1. The lowest BCUT2D eigenvalue weighted by Crippen LogP contribution is -2.30. The van der Waals surface area contributed by atoms with Crippen molar-refractivity contribution in [2.45, 2.75) is 45.6 Å². The average molecular weight is 233 g/mol. The molecular formula is C14H23N3. The van der Waals surface area contributed by atoms with E-state index in [0.717, 1.165) is 31.7 Å². The smallest absolute Gasteiger partial charge is 0.129 e. The van der Waals surface area contributed by atoms with Gasteiger partial charge in [0.25, 0.3) is 0 Å². The molecule has 0 aliphatic carbocycles. The quantitative estimate of drug-likeness (QED) is 0.868. The summed E-state index contributed by atoms with van der Waals surface area (Å²) in [6.07, 6.45) is 6.12. The number of piperidine rings is 1.